The zero-order valence-electron chi connectivity index (χ0n) is 12.2. The lowest BCUT2D eigenvalue weighted by atomic mass is 10.0. The third kappa shape index (κ3) is 3.61. The van der Waals surface area contributed by atoms with Crippen LogP contribution >= 0.6 is 0 Å². The zero-order chi connectivity index (χ0) is 14.4. The molecule has 1 saturated heterocycles. The van der Waals surface area contributed by atoms with E-state index in [9.17, 15) is 4.79 Å². The van der Waals surface area contributed by atoms with Gasteiger partial charge in [0, 0.05) is 18.8 Å². The molecule has 1 aliphatic rings. The summed E-state index contributed by atoms with van der Waals surface area (Å²) in [5, 5.41) is 2.96. The lowest BCUT2D eigenvalue weighted by Gasteiger charge is -2.27. The van der Waals surface area contributed by atoms with Crippen molar-refractivity contribution < 1.29 is 9.53 Å². The van der Waals surface area contributed by atoms with Crippen LogP contribution in [0, 0.1) is 0 Å². The Morgan fingerprint density at radius 2 is 2.15 bits per heavy atom. The summed E-state index contributed by atoms with van der Waals surface area (Å²) in [6.07, 6.45) is 3.10. The van der Waals surface area contributed by atoms with Crippen molar-refractivity contribution in [3.63, 3.8) is 0 Å². The van der Waals surface area contributed by atoms with Gasteiger partial charge < -0.3 is 15.0 Å². The van der Waals surface area contributed by atoms with Gasteiger partial charge >= 0.3 is 6.03 Å². The molecule has 0 radical (unpaired) electrons. The predicted molar refractivity (Wildman–Crippen MR) is 81.8 cm³/mol. The molecule has 4 heteroatoms. The summed E-state index contributed by atoms with van der Waals surface area (Å²) in [6.45, 7) is 6.71. The minimum atomic E-state index is -0.0519. The Labute approximate surface area is 120 Å². The maximum atomic E-state index is 12.1. The molecule has 0 unspecified atom stereocenters. The number of nitrogens with zero attached hydrogens (tertiary/aromatic N) is 1. The minimum absolute atomic E-state index is 0.0519. The second kappa shape index (κ2) is 7.10. The molecule has 0 spiro atoms. The molecule has 0 aliphatic carbocycles. The smallest absolute Gasteiger partial charge is 0.321 e. The van der Waals surface area contributed by atoms with E-state index in [1.54, 1.807) is 4.90 Å². The van der Waals surface area contributed by atoms with Gasteiger partial charge in [-0.15, -0.1) is 0 Å². The lowest BCUT2D eigenvalue weighted by Crippen LogP contribution is -2.43. The molecule has 0 atom stereocenters. The van der Waals surface area contributed by atoms with E-state index in [1.807, 2.05) is 25.1 Å². The first-order chi connectivity index (χ1) is 9.74. The molecule has 1 heterocycles. The van der Waals surface area contributed by atoms with E-state index in [0.717, 1.165) is 17.7 Å². The molecule has 20 heavy (non-hydrogen) atoms. The molecule has 2 amide bonds. The summed E-state index contributed by atoms with van der Waals surface area (Å²) in [4.78, 5) is 13.9. The average molecular weight is 274 g/mol. The maximum absolute atomic E-state index is 12.1. The number of amides is 2. The monoisotopic (exact) mass is 274 g/mol. The van der Waals surface area contributed by atoms with E-state index in [4.69, 9.17) is 4.74 Å². The lowest BCUT2D eigenvalue weighted by molar-refractivity contribution is 0.0564. The van der Waals surface area contributed by atoms with E-state index >= 15 is 0 Å². The normalized spacial score (nSPS) is 16.1. The molecule has 0 saturated carbocycles. The van der Waals surface area contributed by atoms with Crippen molar-refractivity contribution in [3.05, 3.63) is 35.9 Å². The number of allylic oxidation sites excluding steroid dienone is 2. The summed E-state index contributed by atoms with van der Waals surface area (Å²) in [7, 11) is 0. The van der Waals surface area contributed by atoms with E-state index in [0.29, 0.717) is 26.3 Å². The molecule has 1 aromatic carbocycles. The predicted octanol–water partition coefficient (Wildman–Crippen LogP) is 3.36. The van der Waals surface area contributed by atoms with Crippen LogP contribution in [0.5, 0.6) is 0 Å². The Balaban J connectivity index is 2.05. The van der Waals surface area contributed by atoms with Crippen molar-refractivity contribution in [2.75, 3.05) is 31.6 Å². The summed E-state index contributed by atoms with van der Waals surface area (Å²) in [5.41, 5.74) is 3.29. The molecule has 108 valence electrons. The third-order valence-corrected chi connectivity index (χ3v) is 3.51. The first kappa shape index (κ1) is 14.6. The Hall–Kier alpha value is -1.81. The molecule has 0 aromatic heterocycles. The van der Waals surface area contributed by atoms with Gasteiger partial charge in [-0.05, 0) is 36.6 Å². The summed E-state index contributed by atoms with van der Waals surface area (Å²) in [5.74, 6) is 0. The number of rotatable bonds is 3. The second-order valence-electron chi connectivity index (χ2n) is 4.78. The Kier molecular flexibility index (Phi) is 5.18. The fourth-order valence-electron chi connectivity index (χ4n) is 2.34. The fourth-order valence-corrected chi connectivity index (χ4v) is 2.34. The number of urea groups is 1. The van der Waals surface area contributed by atoms with Crippen LogP contribution in [0.25, 0.3) is 5.57 Å². The minimum Gasteiger partial charge on any atom is -0.378 e. The number of ether oxygens (including phenoxy) is 1. The highest BCUT2D eigenvalue weighted by molar-refractivity contribution is 5.90. The van der Waals surface area contributed by atoms with Gasteiger partial charge in [-0.3, -0.25) is 0 Å². The average Bonchev–Trinajstić information content (AvgIpc) is 2.50. The van der Waals surface area contributed by atoms with Crippen molar-refractivity contribution >= 4 is 17.3 Å². The SMILES string of the molecule is C/C=C(\CC)c1cccc(NC(=O)N2CCOCC2)c1. The van der Waals surface area contributed by atoms with Crippen molar-refractivity contribution in [1.29, 1.82) is 0 Å². The number of hydrogen-bond donors (Lipinski definition) is 1. The van der Waals surface area contributed by atoms with Crippen LogP contribution in [-0.4, -0.2) is 37.2 Å². The zero-order valence-corrected chi connectivity index (χ0v) is 12.2. The van der Waals surface area contributed by atoms with Crippen LogP contribution in [0.3, 0.4) is 0 Å². The van der Waals surface area contributed by atoms with Gasteiger partial charge in [0.25, 0.3) is 0 Å². The van der Waals surface area contributed by atoms with Gasteiger partial charge in [0.1, 0.15) is 0 Å². The van der Waals surface area contributed by atoms with Gasteiger partial charge in [-0.25, -0.2) is 4.79 Å². The molecular formula is C16H22N2O2. The summed E-state index contributed by atoms with van der Waals surface area (Å²) >= 11 is 0. The Morgan fingerprint density at radius 1 is 1.40 bits per heavy atom. The molecule has 1 N–H and O–H groups in total. The highest BCUT2D eigenvalue weighted by atomic mass is 16.5. The second-order valence-corrected chi connectivity index (χ2v) is 4.78. The van der Waals surface area contributed by atoms with Crippen molar-refractivity contribution in [1.82, 2.24) is 4.90 Å². The molecule has 1 aromatic rings. The first-order valence-corrected chi connectivity index (χ1v) is 7.14. The fraction of sp³-hybridized carbons (Fsp3) is 0.438. The van der Waals surface area contributed by atoms with Crippen LogP contribution in [-0.2, 0) is 4.74 Å². The molecule has 0 bridgehead atoms. The number of carbonyl (C=O) groups excluding carboxylic acids is 1. The summed E-state index contributed by atoms with van der Waals surface area (Å²) < 4.78 is 5.25. The van der Waals surface area contributed by atoms with Crippen LogP contribution in [0.15, 0.2) is 30.3 Å². The van der Waals surface area contributed by atoms with Gasteiger partial charge in [-0.1, -0.05) is 25.1 Å². The largest absolute Gasteiger partial charge is 0.378 e. The number of benzene rings is 1. The van der Waals surface area contributed by atoms with Crippen LogP contribution < -0.4 is 5.32 Å². The van der Waals surface area contributed by atoms with Gasteiger partial charge in [0.2, 0.25) is 0 Å². The number of nitrogens with one attached hydrogen (secondary N) is 1. The van der Waals surface area contributed by atoms with Gasteiger partial charge in [0.15, 0.2) is 0 Å². The standard InChI is InChI=1S/C16H22N2O2/c1-3-13(4-2)14-6-5-7-15(12-14)17-16(19)18-8-10-20-11-9-18/h3,5-7,12H,4,8-11H2,1-2H3,(H,17,19)/b13-3+. The van der Waals surface area contributed by atoms with Crippen LogP contribution in [0.4, 0.5) is 10.5 Å². The van der Waals surface area contributed by atoms with E-state index in [1.165, 1.54) is 5.57 Å². The number of anilines is 1. The Morgan fingerprint density at radius 3 is 2.80 bits per heavy atom. The Bertz CT molecular complexity index is 491. The molecule has 1 fully saturated rings. The van der Waals surface area contributed by atoms with Gasteiger partial charge in [0.05, 0.1) is 13.2 Å². The van der Waals surface area contributed by atoms with E-state index in [2.05, 4.69) is 24.4 Å². The third-order valence-electron chi connectivity index (χ3n) is 3.51. The maximum Gasteiger partial charge on any atom is 0.321 e. The van der Waals surface area contributed by atoms with Crippen molar-refractivity contribution in [2.24, 2.45) is 0 Å². The highest BCUT2D eigenvalue weighted by Gasteiger charge is 2.16. The van der Waals surface area contributed by atoms with E-state index in [-0.39, 0.29) is 6.03 Å². The molecular weight excluding hydrogens is 252 g/mol. The van der Waals surface area contributed by atoms with Crippen LogP contribution in [0.2, 0.25) is 0 Å². The van der Waals surface area contributed by atoms with Crippen LogP contribution in [0.1, 0.15) is 25.8 Å². The molecule has 1 aliphatic heterocycles. The highest BCUT2D eigenvalue weighted by Crippen LogP contribution is 2.21. The molecule has 2 rings (SSSR count). The topological polar surface area (TPSA) is 41.6 Å². The first-order valence-electron chi connectivity index (χ1n) is 7.14. The number of carbonyl (C=O) groups is 1. The number of morpholine rings is 1. The molecule has 4 nitrogen and oxygen atoms in total. The van der Waals surface area contributed by atoms with E-state index < -0.39 is 0 Å². The van der Waals surface area contributed by atoms with Gasteiger partial charge in [-0.2, -0.15) is 0 Å². The van der Waals surface area contributed by atoms with Crippen molar-refractivity contribution in [3.8, 4) is 0 Å². The number of hydrogen-bond acceptors (Lipinski definition) is 2. The quantitative estimate of drug-likeness (QED) is 0.918. The van der Waals surface area contributed by atoms with Crippen molar-refractivity contribution in [2.45, 2.75) is 20.3 Å². The summed E-state index contributed by atoms with van der Waals surface area (Å²) in [6, 6.07) is 7.94.